The molecule has 1 aliphatic rings. The van der Waals surface area contributed by atoms with E-state index in [0.29, 0.717) is 36.8 Å². The molecule has 0 aliphatic carbocycles. The first-order chi connectivity index (χ1) is 13.1. The molecule has 0 spiro atoms. The Morgan fingerprint density at radius 3 is 2.70 bits per heavy atom. The number of hydrogen-bond donors (Lipinski definition) is 1. The second kappa shape index (κ2) is 6.99. The zero-order valence-corrected chi connectivity index (χ0v) is 14.8. The van der Waals surface area contributed by atoms with Crippen LogP contribution in [0.1, 0.15) is 20.5 Å². The van der Waals surface area contributed by atoms with Crippen molar-refractivity contribution >= 4 is 17.3 Å². The van der Waals surface area contributed by atoms with Crippen molar-refractivity contribution in [3.05, 3.63) is 48.3 Å². The van der Waals surface area contributed by atoms with Crippen LogP contribution in [0.25, 0.3) is 28.6 Å². The molecule has 0 atom stereocenters. The summed E-state index contributed by atoms with van der Waals surface area (Å²) in [7, 11) is 0. The van der Waals surface area contributed by atoms with E-state index < -0.39 is 0 Å². The zero-order valence-electron chi connectivity index (χ0n) is 14.8. The molecular weight excluding hydrogens is 344 g/mol. The molecule has 0 fully saturated rings. The van der Waals surface area contributed by atoms with Gasteiger partial charge in [0.05, 0.1) is 11.9 Å². The normalized spacial score (nSPS) is 14.1. The Labute approximate surface area is 157 Å². The predicted molar refractivity (Wildman–Crippen MR) is 102 cm³/mol. The lowest BCUT2D eigenvalue weighted by Crippen LogP contribution is -2.32. The van der Waals surface area contributed by atoms with E-state index in [-0.39, 0.29) is 19.0 Å². The van der Waals surface area contributed by atoms with Gasteiger partial charge in [-0.15, -0.1) is 10.2 Å². The fraction of sp³-hybridized carbons (Fsp3) is 0.211. The smallest absolute Gasteiger partial charge is 0.270 e. The second-order valence-corrected chi connectivity index (χ2v) is 6.21. The molecule has 1 aromatic carbocycles. The van der Waals surface area contributed by atoms with Gasteiger partial charge in [-0.2, -0.15) is 0 Å². The highest BCUT2D eigenvalue weighted by atomic mass is 16.4. The van der Waals surface area contributed by atoms with Crippen LogP contribution in [0.2, 0.25) is 0 Å². The number of nitrogens with two attached hydrogens (primary N) is 1. The van der Waals surface area contributed by atoms with E-state index in [2.05, 4.69) is 20.2 Å². The summed E-state index contributed by atoms with van der Waals surface area (Å²) < 4.78 is 5.75. The van der Waals surface area contributed by atoms with Crippen molar-refractivity contribution in [1.29, 1.82) is 0 Å². The molecule has 0 saturated carbocycles. The molecule has 8 heteroatoms. The maximum atomic E-state index is 11.5. The third-order valence-electron chi connectivity index (χ3n) is 4.43. The monoisotopic (exact) mass is 364 g/mol. The lowest BCUT2D eigenvalue weighted by molar-refractivity contribution is -0.128. The first-order valence-corrected chi connectivity index (χ1v) is 8.58. The predicted octanol–water partition coefficient (Wildman–Crippen LogP) is 2.66. The minimum atomic E-state index is 0. The highest BCUT2D eigenvalue weighted by Crippen LogP contribution is 2.28. The van der Waals surface area contributed by atoms with E-state index in [9.17, 15) is 4.79 Å². The van der Waals surface area contributed by atoms with Crippen LogP contribution in [0.3, 0.4) is 0 Å². The largest absolute Gasteiger partial charge is 0.414 e. The molecular formula is C19H20N6O2. The summed E-state index contributed by atoms with van der Waals surface area (Å²) in [5, 5.41) is 8.15. The van der Waals surface area contributed by atoms with Crippen molar-refractivity contribution in [3.63, 3.8) is 0 Å². The number of nitrogen functional groups attached to an aromatic ring is 1. The first-order valence-electron chi connectivity index (χ1n) is 8.58. The van der Waals surface area contributed by atoms with Gasteiger partial charge in [0.1, 0.15) is 0 Å². The van der Waals surface area contributed by atoms with Crippen LogP contribution in [0.4, 0.5) is 5.82 Å². The molecule has 3 aromatic rings. The van der Waals surface area contributed by atoms with E-state index in [4.69, 9.17) is 10.2 Å². The van der Waals surface area contributed by atoms with Gasteiger partial charge in [0.2, 0.25) is 11.8 Å². The quantitative estimate of drug-likeness (QED) is 0.760. The van der Waals surface area contributed by atoms with E-state index in [1.165, 1.54) is 0 Å². The van der Waals surface area contributed by atoms with Gasteiger partial charge < -0.3 is 15.1 Å². The Balaban J connectivity index is 0.00000225. The molecule has 8 nitrogen and oxygen atoms in total. The molecule has 27 heavy (non-hydrogen) atoms. The van der Waals surface area contributed by atoms with Crippen LogP contribution in [0.15, 0.2) is 47.0 Å². The van der Waals surface area contributed by atoms with Crippen molar-refractivity contribution in [2.24, 2.45) is 0 Å². The van der Waals surface area contributed by atoms with Crippen molar-refractivity contribution in [1.82, 2.24) is 25.1 Å². The van der Waals surface area contributed by atoms with E-state index in [1.54, 1.807) is 18.0 Å². The van der Waals surface area contributed by atoms with Gasteiger partial charge in [-0.25, -0.2) is 9.97 Å². The minimum absolute atomic E-state index is 0. The Bertz CT molecular complexity index is 1020. The van der Waals surface area contributed by atoms with E-state index in [1.807, 2.05) is 36.4 Å². The summed E-state index contributed by atoms with van der Waals surface area (Å²) in [4.78, 5) is 22.1. The molecule has 0 unspecified atom stereocenters. The highest BCUT2D eigenvalue weighted by Gasteiger charge is 2.20. The average molecular weight is 364 g/mol. The topological polar surface area (TPSA) is 111 Å². The SMILES string of the molecule is CC(=O)N1CC=C(c2cnc(N)c(-c3nnc(-c4ccccc4)o3)n2)CC1.[HH]. The number of carbonyl (C=O) groups excluding carboxylic acids is 1. The Morgan fingerprint density at radius 2 is 2.00 bits per heavy atom. The molecule has 138 valence electrons. The summed E-state index contributed by atoms with van der Waals surface area (Å²) in [5.74, 6) is 0.908. The van der Waals surface area contributed by atoms with Gasteiger partial charge in [0.15, 0.2) is 11.5 Å². The summed E-state index contributed by atoms with van der Waals surface area (Å²) in [6.45, 7) is 2.78. The lowest BCUT2D eigenvalue weighted by Gasteiger charge is -2.25. The van der Waals surface area contributed by atoms with Crippen molar-refractivity contribution < 1.29 is 10.6 Å². The van der Waals surface area contributed by atoms with Gasteiger partial charge in [-0.3, -0.25) is 4.79 Å². The number of aromatic nitrogens is 4. The van der Waals surface area contributed by atoms with Gasteiger partial charge >= 0.3 is 0 Å². The summed E-state index contributed by atoms with van der Waals surface area (Å²) in [6.07, 6.45) is 4.32. The van der Waals surface area contributed by atoms with Crippen LogP contribution < -0.4 is 5.73 Å². The Hall–Kier alpha value is -3.55. The highest BCUT2D eigenvalue weighted by molar-refractivity contribution is 5.76. The minimum Gasteiger partial charge on any atom is -0.414 e. The maximum absolute atomic E-state index is 11.5. The van der Waals surface area contributed by atoms with E-state index >= 15 is 0 Å². The van der Waals surface area contributed by atoms with Gasteiger partial charge in [-0.1, -0.05) is 24.3 Å². The third-order valence-corrected chi connectivity index (χ3v) is 4.43. The van der Waals surface area contributed by atoms with Gasteiger partial charge in [-0.05, 0) is 24.1 Å². The molecule has 2 N–H and O–H groups in total. The molecule has 1 aliphatic heterocycles. The number of carbonyl (C=O) groups is 1. The molecule has 0 radical (unpaired) electrons. The lowest BCUT2D eigenvalue weighted by atomic mass is 10.1. The number of benzene rings is 1. The third kappa shape index (κ3) is 3.41. The van der Waals surface area contributed by atoms with Crippen LogP contribution in [-0.2, 0) is 4.79 Å². The van der Waals surface area contributed by atoms with Crippen LogP contribution >= 0.6 is 0 Å². The number of amides is 1. The second-order valence-electron chi connectivity index (χ2n) is 6.21. The molecule has 4 rings (SSSR count). The van der Waals surface area contributed by atoms with Crippen LogP contribution in [0.5, 0.6) is 0 Å². The van der Waals surface area contributed by atoms with Crippen molar-refractivity contribution in [2.75, 3.05) is 18.8 Å². The van der Waals surface area contributed by atoms with Gasteiger partial charge in [0.25, 0.3) is 5.89 Å². The van der Waals surface area contributed by atoms with Crippen LogP contribution in [-0.4, -0.2) is 44.1 Å². The molecule has 1 amide bonds. The average Bonchev–Trinajstić information content (AvgIpc) is 3.19. The Morgan fingerprint density at radius 1 is 1.22 bits per heavy atom. The zero-order chi connectivity index (χ0) is 18.8. The van der Waals surface area contributed by atoms with Crippen molar-refractivity contribution in [2.45, 2.75) is 13.3 Å². The first kappa shape index (κ1) is 16.9. The fourth-order valence-electron chi connectivity index (χ4n) is 2.91. The standard InChI is InChI=1S/C19H18N6O2.H2/c1-12(26)25-9-7-13(8-10-25)15-11-21-17(20)16(22-15)19-24-23-18(27-19)14-5-3-2-4-6-14;/h2-7,11H,8-10H2,1H3,(H2,20,21);1H. The fourth-order valence-corrected chi connectivity index (χ4v) is 2.91. The van der Waals surface area contributed by atoms with Gasteiger partial charge in [0, 0.05) is 27.0 Å². The summed E-state index contributed by atoms with van der Waals surface area (Å²) in [5.41, 5.74) is 8.88. The maximum Gasteiger partial charge on any atom is 0.270 e. The summed E-state index contributed by atoms with van der Waals surface area (Å²) in [6, 6.07) is 9.48. The molecule has 2 aromatic heterocycles. The number of anilines is 1. The Kier molecular flexibility index (Phi) is 4.37. The van der Waals surface area contributed by atoms with Crippen LogP contribution in [0, 0.1) is 0 Å². The molecule has 0 saturated heterocycles. The van der Waals surface area contributed by atoms with E-state index in [0.717, 1.165) is 11.1 Å². The molecule has 3 heterocycles. The van der Waals surface area contributed by atoms with Crippen molar-refractivity contribution in [3.8, 4) is 23.0 Å². The number of hydrogen-bond acceptors (Lipinski definition) is 7. The number of nitrogens with zero attached hydrogens (tertiary/aromatic N) is 5. The summed E-state index contributed by atoms with van der Waals surface area (Å²) >= 11 is 0. The number of rotatable bonds is 3. The molecule has 0 bridgehead atoms.